The number of ether oxygens (including phenoxy) is 2. The highest BCUT2D eigenvalue weighted by Gasteiger charge is 2.22. The van der Waals surface area contributed by atoms with E-state index >= 15 is 0 Å². The van der Waals surface area contributed by atoms with Crippen LogP contribution in [0.25, 0.3) is 0 Å². The Morgan fingerprint density at radius 3 is 2.46 bits per heavy atom. The molecule has 1 N–H and O–H groups in total. The number of nitrogens with one attached hydrogen (secondary N) is 1. The standard InChI is InChI=1S/C20H24N2O5S/c1-5-12-27-17-8-6-16(7-9-17)14-22(3)28(24,25)18-10-11-19(21-15(2)23)20(13-18)26-4/h5-11,13H,1,12,14H2,2-4H3,(H,21,23). The van der Waals surface area contributed by atoms with Crippen molar-refractivity contribution in [3.05, 3.63) is 60.7 Å². The number of anilines is 1. The molecule has 1 amide bonds. The summed E-state index contributed by atoms with van der Waals surface area (Å²) < 4.78 is 37.7. The molecule has 0 bridgehead atoms. The second-order valence-corrected chi connectivity index (χ2v) is 8.09. The number of amides is 1. The summed E-state index contributed by atoms with van der Waals surface area (Å²) in [7, 11) is -0.824. The van der Waals surface area contributed by atoms with Crippen molar-refractivity contribution in [2.24, 2.45) is 0 Å². The smallest absolute Gasteiger partial charge is 0.243 e. The Morgan fingerprint density at radius 1 is 1.21 bits per heavy atom. The van der Waals surface area contributed by atoms with Gasteiger partial charge in [-0.05, 0) is 29.8 Å². The lowest BCUT2D eigenvalue weighted by molar-refractivity contribution is -0.114. The molecule has 0 unspecified atom stereocenters. The largest absolute Gasteiger partial charge is 0.495 e. The Balaban J connectivity index is 2.18. The van der Waals surface area contributed by atoms with E-state index in [4.69, 9.17) is 9.47 Å². The van der Waals surface area contributed by atoms with Gasteiger partial charge in [0.05, 0.1) is 17.7 Å². The summed E-state index contributed by atoms with van der Waals surface area (Å²) in [6, 6.07) is 11.5. The van der Waals surface area contributed by atoms with Gasteiger partial charge in [-0.2, -0.15) is 4.31 Å². The topological polar surface area (TPSA) is 84.9 Å². The Hall–Kier alpha value is -2.84. The Labute approximate surface area is 165 Å². The summed E-state index contributed by atoms with van der Waals surface area (Å²) in [5.41, 5.74) is 1.23. The van der Waals surface area contributed by atoms with E-state index in [0.717, 1.165) is 5.56 Å². The van der Waals surface area contributed by atoms with Crippen LogP contribution in [0.5, 0.6) is 11.5 Å². The summed E-state index contributed by atoms with van der Waals surface area (Å²) in [6.07, 6.45) is 1.65. The lowest BCUT2D eigenvalue weighted by atomic mass is 10.2. The Morgan fingerprint density at radius 2 is 1.89 bits per heavy atom. The lowest BCUT2D eigenvalue weighted by Crippen LogP contribution is -2.26. The molecule has 7 nitrogen and oxygen atoms in total. The Kier molecular flexibility index (Phi) is 7.19. The maximum absolute atomic E-state index is 12.9. The number of sulfonamides is 1. The number of carbonyl (C=O) groups excluding carboxylic acids is 1. The highest BCUT2D eigenvalue weighted by atomic mass is 32.2. The van der Waals surface area contributed by atoms with E-state index in [2.05, 4.69) is 11.9 Å². The molecule has 0 aliphatic carbocycles. The number of benzene rings is 2. The van der Waals surface area contributed by atoms with E-state index in [9.17, 15) is 13.2 Å². The van der Waals surface area contributed by atoms with Gasteiger partial charge in [-0.15, -0.1) is 0 Å². The molecular weight excluding hydrogens is 380 g/mol. The van der Waals surface area contributed by atoms with Gasteiger partial charge in [-0.25, -0.2) is 8.42 Å². The van der Waals surface area contributed by atoms with Gasteiger partial charge in [-0.1, -0.05) is 24.8 Å². The molecule has 150 valence electrons. The van der Waals surface area contributed by atoms with Gasteiger partial charge in [-0.3, -0.25) is 4.79 Å². The van der Waals surface area contributed by atoms with Crippen molar-refractivity contribution in [3.8, 4) is 11.5 Å². The monoisotopic (exact) mass is 404 g/mol. The molecule has 0 radical (unpaired) electrons. The van der Waals surface area contributed by atoms with Gasteiger partial charge in [0.2, 0.25) is 15.9 Å². The molecule has 0 aliphatic rings. The fraction of sp³-hybridized carbons (Fsp3) is 0.250. The van der Waals surface area contributed by atoms with Crippen molar-refractivity contribution in [2.45, 2.75) is 18.4 Å². The predicted molar refractivity (Wildman–Crippen MR) is 108 cm³/mol. The molecule has 0 atom stereocenters. The van der Waals surface area contributed by atoms with Crippen LogP contribution in [0.3, 0.4) is 0 Å². The average Bonchev–Trinajstić information content (AvgIpc) is 2.67. The van der Waals surface area contributed by atoms with Gasteiger partial charge in [0, 0.05) is 26.6 Å². The minimum absolute atomic E-state index is 0.0758. The van der Waals surface area contributed by atoms with E-state index in [1.54, 1.807) is 18.2 Å². The van der Waals surface area contributed by atoms with Crippen molar-refractivity contribution >= 4 is 21.6 Å². The molecule has 28 heavy (non-hydrogen) atoms. The second-order valence-electron chi connectivity index (χ2n) is 6.05. The van der Waals surface area contributed by atoms with Gasteiger partial charge in [0.1, 0.15) is 18.1 Å². The fourth-order valence-electron chi connectivity index (χ4n) is 2.49. The number of hydrogen-bond donors (Lipinski definition) is 1. The van der Waals surface area contributed by atoms with Crippen LogP contribution in [0.15, 0.2) is 60.0 Å². The molecule has 2 aromatic carbocycles. The molecule has 0 fully saturated rings. The summed E-state index contributed by atoms with van der Waals surface area (Å²) in [5.74, 6) is 0.687. The van der Waals surface area contributed by atoms with Crippen LogP contribution in [-0.4, -0.2) is 39.4 Å². The van der Waals surface area contributed by atoms with Gasteiger partial charge >= 0.3 is 0 Å². The summed E-state index contributed by atoms with van der Waals surface area (Å²) >= 11 is 0. The number of hydrogen-bond acceptors (Lipinski definition) is 5. The van der Waals surface area contributed by atoms with Gasteiger partial charge < -0.3 is 14.8 Å². The van der Waals surface area contributed by atoms with Crippen LogP contribution < -0.4 is 14.8 Å². The van der Waals surface area contributed by atoms with Crippen LogP contribution >= 0.6 is 0 Å². The molecular formula is C20H24N2O5S. The van der Waals surface area contributed by atoms with Crippen LogP contribution in [-0.2, 0) is 21.4 Å². The maximum atomic E-state index is 12.9. The molecule has 2 aromatic rings. The zero-order valence-corrected chi connectivity index (χ0v) is 17.0. The number of methoxy groups -OCH3 is 1. The predicted octanol–water partition coefficient (Wildman–Crippen LogP) is 3.04. The first-order valence-electron chi connectivity index (χ1n) is 8.52. The van der Waals surface area contributed by atoms with E-state index in [0.29, 0.717) is 18.0 Å². The van der Waals surface area contributed by atoms with Crippen molar-refractivity contribution < 1.29 is 22.7 Å². The van der Waals surface area contributed by atoms with E-state index in [-0.39, 0.29) is 23.1 Å². The van der Waals surface area contributed by atoms with Crippen molar-refractivity contribution in [1.82, 2.24) is 4.31 Å². The third-order valence-corrected chi connectivity index (χ3v) is 5.69. The van der Waals surface area contributed by atoms with Crippen LogP contribution in [0.1, 0.15) is 12.5 Å². The van der Waals surface area contributed by atoms with Crippen molar-refractivity contribution in [2.75, 3.05) is 26.1 Å². The third-order valence-electron chi connectivity index (χ3n) is 3.89. The first-order chi connectivity index (χ1) is 13.3. The summed E-state index contributed by atoms with van der Waals surface area (Å²) in [4.78, 5) is 11.3. The van der Waals surface area contributed by atoms with Crippen LogP contribution in [0, 0.1) is 0 Å². The third kappa shape index (κ3) is 5.34. The first kappa shape index (κ1) is 21.5. The second kappa shape index (κ2) is 9.38. The average molecular weight is 404 g/mol. The van der Waals surface area contributed by atoms with Crippen molar-refractivity contribution in [1.29, 1.82) is 0 Å². The molecule has 0 saturated carbocycles. The minimum atomic E-state index is -3.74. The molecule has 0 saturated heterocycles. The number of carbonyl (C=O) groups is 1. The fourth-order valence-corrected chi connectivity index (χ4v) is 3.67. The Bertz CT molecular complexity index is 940. The zero-order chi connectivity index (χ0) is 20.7. The molecule has 0 spiro atoms. The zero-order valence-electron chi connectivity index (χ0n) is 16.1. The van der Waals surface area contributed by atoms with E-state index in [1.165, 1.54) is 43.6 Å². The van der Waals surface area contributed by atoms with E-state index < -0.39 is 10.0 Å². The SMILES string of the molecule is C=CCOc1ccc(CN(C)S(=O)(=O)c2ccc(NC(C)=O)c(OC)c2)cc1. The highest BCUT2D eigenvalue weighted by molar-refractivity contribution is 7.89. The molecule has 0 heterocycles. The van der Waals surface area contributed by atoms with Crippen LogP contribution in [0.2, 0.25) is 0 Å². The molecule has 0 aliphatic heterocycles. The number of nitrogens with zero attached hydrogens (tertiary/aromatic N) is 1. The highest BCUT2D eigenvalue weighted by Crippen LogP contribution is 2.29. The molecule has 8 heteroatoms. The summed E-state index contributed by atoms with van der Waals surface area (Å²) in [5, 5.41) is 2.60. The van der Waals surface area contributed by atoms with Gasteiger partial charge in [0.15, 0.2) is 0 Å². The quantitative estimate of drug-likeness (QED) is 0.650. The van der Waals surface area contributed by atoms with E-state index in [1.807, 2.05) is 12.1 Å². The van der Waals surface area contributed by atoms with Crippen LogP contribution in [0.4, 0.5) is 5.69 Å². The first-order valence-corrected chi connectivity index (χ1v) is 9.96. The van der Waals surface area contributed by atoms with Crippen molar-refractivity contribution in [3.63, 3.8) is 0 Å². The minimum Gasteiger partial charge on any atom is -0.495 e. The molecule has 2 rings (SSSR count). The number of rotatable bonds is 9. The lowest BCUT2D eigenvalue weighted by Gasteiger charge is -2.19. The maximum Gasteiger partial charge on any atom is 0.243 e. The normalized spacial score (nSPS) is 11.1. The van der Waals surface area contributed by atoms with Gasteiger partial charge in [0.25, 0.3) is 0 Å². The molecule has 0 aromatic heterocycles. The summed E-state index contributed by atoms with van der Waals surface area (Å²) in [6.45, 7) is 5.56.